The van der Waals surface area contributed by atoms with Gasteiger partial charge in [0.25, 0.3) is 0 Å². The topological polar surface area (TPSA) is 66.6 Å². The van der Waals surface area contributed by atoms with Gasteiger partial charge in [-0.1, -0.05) is 26.0 Å². The largest absolute Gasteiger partial charge is 0.485 e. The fourth-order valence-corrected chi connectivity index (χ4v) is 5.33. The van der Waals surface area contributed by atoms with Gasteiger partial charge in [-0.05, 0) is 42.1 Å². The van der Waals surface area contributed by atoms with Crippen molar-refractivity contribution in [1.82, 2.24) is 19.9 Å². The first kappa shape index (κ1) is 19.3. The zero-order valence-electron chi connectivity index (χ0n) is 17.9. The maximum Gasteiger partial charge on any atom is 0.147 e. The van der Waals surface area contributed by atoms with E-state index in [1.165, 1.54) is 0 Å². The molecule has 2 aromatic carbocycles. The van der Waals surface area contributed by atoms with Gasteiger partial charge in [-0.25, -0.2) is 14.4 Å². The normalized spacial score (nSPS) is 12.8. The lowest BCUT2D eigenvalue weighted by atomic mass is 10.0. The third kappa shape index (κ3) is 2.96. The highest BCUT2D eigenvalue weighted by atomic mass is 32.1. The average molecular weight is 445 g/mol. The molecule has 4 heterocycles. The minimum atomic E-state index is -0.274. The molecule has 2 N–H and O–H groups in total. The van der Waals surface area contributed by atoms with E-state index in [4.69, 9.17) is 9.72 Å². The van der Waals surface area contributed by atoms with Crippen LogP contribution in [-0.4, -0.2) is 19.9 Å². The van der Waals surface area contributed by atoms with Gasteiger partial charge in [-0.2, -0.15) is 0 Å². The number of rotatable bonds is 3. The summed E-state index contributed by atoms with van der Waals surface area (Å²) in [4.78, 5) is 16.5. The number of halogens is 1. The monoisotopic (exact) mass is 444 g/mol. The number of benzene rings is 2. The Labute approximate surface area is 188 Å². The highest BCUT2D eigenvalue weighted by Gasteiger charge is 2.25. The van der Waals surface area contributed by atoms with Crippen molar-refractivity contribution in [2.45, 2.75) is 33.3 Å². The molecule has 7 heteroatoms. The zero-order valence-corrected chi connectivity index (χ0v) is 18.7. The first-order chi connectivity index (χ1) is 15.5. The molecular weight excluding hydrogens is 423 g/mol. The molecule has 6 rings (SSSR count). The standard InChI is InChI=1S/C25H21FN4OS/c1-12(2)25-29-20-11-31-23-17(22(20)30-25)7-5-15-9-21(32-24(15)23)14-4-6-16(18(26)8-14)19-10-27-13(3)28-19/h4-10,12H,11H2,1-3H3,(H,27,28)(H,29,30). The fourth-order valence-electron chi connectivity index (χ4n) is 4.17. The number of thiophene rings is 1. The van der Waals surface area contributed by atoms with Gasteiger partial charge in [0.15, 0.2) is 0 Å². The molecule has 5 nitrogen and oxygen atoms in total. The molecule has 0 saturated heterocycles. The molecule has 0 atom stereocenters. The summed E-state index contributed by atoms with van der Waals surface area (Å²) in [5.74, 6) is 2.65. The van der Waals surface area contributed by atoms with Crippen LogP contribution in [0.2, 0.25) is 0 Å². The lowest BCUT2D eigenvalue weighted by Gasteiger charge is -2.17. The molecule has 0 bridgehead atoms. The van der Waals surface area contributed by atoms with Crippen LogP contribution in [0.15, 0.2) is 42.6 Å². The lowest BCUT2D eigenvalue weighted by Crippen LogP contribution is -2.05. The molecule has 0 saturated carbocycles. The Morgan fingerprint density at radius 1 is 1.09 bits per heavy atom. The van der Waals surface area contributed by atoms with Crippen LogP contribution >= 0.6 is 11.3 Å². The third-order valence-electron chi connectivity index (χ3n) is 5.85. The Hall–Kier alpha value is -3.45. The summed E-state index contributed by atoms with van der Waals surface area (Å²) < 4.78 is 22.1. The Morgan fingerprint density at radius 3 is 2.69 bits per heavy atom. The van der Waals surface area contributed by atoms with Crippen LogP contribution < -0.4 is 4.74 Å². The summed E-state index contributed by atoms with van der Waals surface area (Å²) in [6.45, 7) is 6.57. The Morgan fingerprint density at radius 2 is 1.94 bits per heavy atom. The Bertz CT molecular complexity index is 1490. The number of nitrogens with one attached hydrogen (secondary N) is 2. The summed E-state index contributed by atoms with van der Waals surface area (Å²) in [6, 6.07) is 11.6. The van der Waals surface area contributed by atoms with Gasteiger partial charge in [0.05, 0.1) is 28.0 Å². The maximum absolute atomic E-state index is 14.9. The molecule has 0 radical (unpaired) electrons. The van der Waals surface area contributed by atoms with Crippen molar-refractivity contribution in [1.29, 1.82) is 0 Å². The number of ether oxygens (including phenoxy) is 1. The summed E-state index contributed by atoms with van der Waals surface area (Å²) in [5.41, 5.74) is 5.03. The van der Waals surface area contributed by atoms with Gasteiger partial charge in [0, 0.05) is 21.9 Å². The lowest BCUT2D eigenvalue weighted by molar-refractivity contribution is 0.302. The van der Waals surface area contributed by atoms with Crippen LogP contribution in [0.3, 0.4) is 0 Å². The SMILES string of the molecule is Cc1ncc(-c2ccc(-c3cc4ccc5c(c4s3)OCc3[nH]c(C(C)C)nc3-5)cc2F)[nH]1. The van der Waals surface area contributed by atoms with Crippen LogP contribution in [0.5, 0.6) is 5.75 Å². The number of nitrogens with zero attached hydrogens (tertiary/aromatic N) is 2. The molecule has 0 unspecified atom stereocenters. The quantitative estimate of drug-likeness (QED) is 0.321. The highest BCUT2D eigenvalue weighted by Crippen LogP contribution is 2.46. The first-order valence-electron chi connectivity index (χ1n) is 10.6. The summed E-state index contributed by atoms with van der Waals surface area (Å²) in [6.07, 6.45) is 1.66. The van der Waals surface area contributed by atoms with E-state index in [2.05, 4.69) is 47.0 Å². The van der Waals surface area contributed by atoms with Crippen molar-refractivity contribution in [3.05, 3.63) is 65.8 Å². The fraction of sp³-hybridized carbons (Fsp3) is 0.200. The number of hydrogen-bond acceptors (Lipinski definition) is 4. The van der Waals surface area contributed by atoms with Crippen LogP contribution in [0.1, 0.15) is 37.1 Å². The maximum atomic E-state index is 14.9. The molecule has 1 aliphatic rings. The van der Waals surface area contributed by atoms with Crippen molar-refractivity contribution < 1.29 is 9.13 Å². The van der Waals surface area contributed by atoms with Gasteiger partial charge in [-0.3, -0.25) is 0 Å². The van der Waals surface area contributed by atoms with E-state index in [0.717, 1.165) is 54.9 Å². The summed E-state index contributed by atoms with van der Waals surface area (Å²) >= 11 is 1.62. The Balaban J connectivity index is 1.42. The summed E-state index contributed by atoms with van der Waals surface area (Å²) in [7, 11) is 0. The minimum absolute atomic E-state index is 0.274. The first-order valence-corrected chi connectivity index (χ1v) is 11.4. The van der Waals surface area contributed by atoms with Crippen molar-refractivity contribution in [3.63, 3.8) is 0 Å². The molecule has 0 fully saturated rings. The second kappa shape index (κ2) is 7.03. The predicted molar refractivity (Wildman–Crippen MR) is 126 cm³/mol. The average Bonchev–Trinajstić information content (AvgIpc) is 3.50. The van der Waals surface area contributed by atoms with Crippen LogP contribution in [-0.2, 0) is 6.61 Å². The van der Waals surface area contributed by atoms with E-state index in [9.17, 15) is 4.39 Å². The van der Waals surface area contributed by atoms with E-state index in [0.29, 0.717) is 23.8 Å². The number of aromatic amines is 2. The van der Waals surface area contributed by atoms with Gasteiger partial charge in [0.2, 0.25) is 0 Å². The highest BCUT2D eigenvalue weighted by molar-refractivity contribution is 7.22. The molecule has 0 spiro atoms. The number of imidazole rings is 2. The third-order valence-corrected chi connectivity index (χ3v) is 7.05. The molecular formula is C25H21FN4OS. The molecule has 32 heavy (non-hydrogen) atoms. The van der Waals surface area contributed by atoms with Crippen LogP contribution in [0, 0.1) is 12.7 Å². The van der Waals surface area contributed by atoms with Crippen LogP contribution in [0.25, 0.3) is 43.0 Å². The number of H-pyrrole nitrogens is 2. The van der Waals surface area contributed by atoms with Gasteiger partial charge in [-0.15, -0.1) is 11.3 Å². The number of fused-ring (bicyclic) bond motifs is 5. The van der Waals surface area contributed by atoms with Gasteiger partial charge in [0.1, 0.15) is 29.8 Å². The van der Waals surface area contributed by atoms with Crippen molar-refractivity contribution in [3.8, 4) is 38.7 Å². The van der Waals surface area contributed by atoms with E-state index in [1.807, 2.05) is 13.0 Å². The molecule has 1 aliphatic heterocycles. The molecule has 0 amide bonds. The molecule has 0 aliphatic carbocycles. The number of aromatic nitrogens is 4. The Kier molecular flexibility index (Phi) is 4.23. The second-order valence-electron chi connectivity index (χ2n) is 8.44. The van der Waals surface area contributed by atoms with Gasteiger partial charge >= 0.3 is 0 Å². The minimum Gasteiger partial charge on any atom is -0.485 e. The van der Waals surface area contributed by atoms with E-state index >= 15 is 0 Å². The van der Waals surface area contributed by atoms with Crippen molar-refractivity contribution in [2.75, 3.05) is 0 Å². The predicted octanol–water partition coefficient (Wildman–Crippen LogP) is 6.81. The van der Waals surface area contributed by atoms with E-state index in [1.54, 1.807) is 29.7 Å². The van der Waals surface area contributed by atoms with E-state index in [-0.39, 0.29) is 5.82 Å². The van der Waals surface area contributed by atoms with Crippen molar-refractivity contribution in [2.24, 2.45) is 0 Å². The van der Waals surface area contributed by atoms with Crippen molar-refractivity contribution >= 4 is 21.4 Å². The zero-order chi connectivity index (χ0) is 22.0. The molecule has 160 valence electrons. The van der Waals surface area contributed by atoms with Crippen LogP contribution in [0.4, 0.5) is 4.39 Å². The number of aryl methyl sites for hydroxylation is 1. The smallest absolute Gasteiger partial charge is 0.147 e. The number of hydrogen-bond donors (Lipinski definition) is 2. The second-order valence-corrected chi connectivity index (χ2v) is 9.49. The molecule has 5 aromatic rings. The van der Waals surface area contributed by atoms with E-state index < -0.39 is 0 Å². The molecule has 3 aromatic heterocycles. The summed E-state index contributed by atoms with van der Waals surface area (Å²) in [5, 5.41) is 1.08. The van der Waals surface area contributed by atoms with Gasteiger partial charge < -0.3 is 14.7 Å².